The van der Waals surface area contributed by atoms with Gasteiger partial charge in [-0.1, -0.05) is 66.0 Å². The Bertz CT molecular complexity index is 1360. The van der Waals surface area contributed by atoms with Crippen LogP contribution in [0.25, 0.3) is 0 Å². The van der Waals surface area contributed by atoms with Gasteiger partial charge in [0.25, 0.3) is 10.0 Å². The summed E-state index contributed by atoms with van der Waals surface area (Å²) in [6, 6.07) is 18.7. The third-order valence-electron chi connectivity index (χ3n) is 5.97. The number of nitrogens with one attached hydrogen (secondary N) is 1. The number of hydrogen-bond acceptors (Lipinski definition) is 4. The van der Waals surface area contributed by atoms with Crippen molar-refractivity contribution in [2.75, 3.05) is 17.4 Å². The molecule has 38 heavy (non-hydrogen) atoms. The molecule has 0 aliphatic heterocycles. The van der Waals surface area contributed by atoms with E-state index in [1.165, 1.54) is 35.2 Å². The first-order valence-corrected chi connectivity index (χ1v) is 14.4. The van der Waals surface area contributed by atoms with Crippen molar-refractivity contribution in [1.29, 1.82) is 0 Å². The highest BCUT2D eigenvalue weighted by Gasteiger charge is 2.32. The maximum atomic E-state index is 13.8. The first-order chi connectivity index (χ1) is 18.0. The molecule has 1 N–H and O–H groups in total. The minimum Gasteiger partial charge on any atom is -0.354 e. The third kappa shape index (κ3) is 7.49. The number of halogens is 2. The number of nitrogens with zero attached hydrogens (tertiary/aromatic N) is 2. The van der Waals surface area contributed by atoms with E-state index in [0.29, 0.717) is 16.6 Å². The third-order valence-corrected chi connectivity index (χ3v) is 8.24. The van der Waals surface area contributed by atoms with Crippen molar-refractivity contribution in [3.05, 3.63) is 94.0 Å². The maximum absolute atomic E-state index is 13.8. The molecule has 0 saturated heterocycles. The molecule has 0 radical (unpaired) electrons. The van der Waals surface area contributed by atoms with Crippen molar-refractivity contribution in [2.45, 2.75) is 44.7 Å². The SMILES string of the molecule is CCCNC(=O)C(C)N(Cc1ccc(C)cc1)C(=O)CN(c1cccc(Cl)c1)S(=O)(=O)c1ccc(Cl)cc1. The van der Waals surface area contributed by atoms with Gasteiger partial charge < -0.3 is 10.2 Å². The van der Waals surface area contributed by atoms with Crippen LogP contribution in [-0.2, 0) is 26.2 Å². The summed E-state index contributed by atoms with van der Waals surface area (Å²) in [4.78, 5) is 28.1. The zero-order valence-corrected chi connectivity index (χ0v) is 23.9. The van der Waals surface area contributed by atoms with Crippen LogP contribution in [0.4, 0.5) is 5.69 Å². The van der Waals surface area contributed by atoms with Gasteiger partial charge in [-0.15, -0.1) is 0 Å². The summed E-state index contributed by atoms with van der Waals surface area (Å²) in [5.74, 6) is -0.857. The molecular weight excluding hydrogens is 545 g/mol. The number of sulfonamides is 1. The van der Waals surface area contributed by atoms with Crippen LogP contribution in [0.2, 0.25) is 10.0 Å². The lowest BCUT2D eigenvalue weighted by atomic mass is 10.1. The predicted molar refractivity (Wildman–Crippen MR) is 152 cm³/mol. The molecule has 1 unspecified atom stereocenters. The molecule has 2 amide bonds. The number of benzene rings is 3. The average Bonchev–Trinajstić information content (AvgIpc) is 2.89. The van der Waals surface area contributed by atoms with Gasteiger partial charge in [-0.2, -0.15) is 0 Å². The Morgan fingerprint density at radius 3 is 2.21 bits per heavy atom. The van der Waals surface area contributed by atoms with Crippen LogP contribution >= 0.6 is 23.2 Å². The standard InChI is InChI=1S/C28H31Cl2N3O4S/c1-4-16-31-28(35)21(3)32(18-22-10-8-20(2)9-11-22)27(34)19-33(25-7-5-6-24(30)17-25)38(36,37)26-14-12-23(29)13-15-26/h5-15,17,21H,4,16,18-19H2,1-3H3,(H,31,35). The first-order valence-electron chi connectivity index (χ1n) is 12.2. The number of carbonyl (C=O) groups excluding carboxylic acids is 2. The molecule has 0 spiro atoms. The Morgan fingerprint density at radius 2 is 1.61 bits per heavy atom. The molecule has 1 atom stereocenters. The Labute approximate surface area is 234 Å². The average molecular weight is 577 g/mol. The lowest BCUT2D eigenvalue weighted by Gasteiger charge is -2.32. The van der Waals surface area contributed by atoms with Crippen molar-refractivity contribution < 1.29 is 18.0 Å². The molecule has 3 aromatic rings. The van der Waals surface area contributed by atoms with Gasteiger partial charge in [0.1, 0.15) is 12.6 Å². The highest BCUT2D eigenvalue weighted by molar-refractivity contribution is 7.92. The summed E-state index contributed by atoms with van der Waals surface area (Å²) >= 11 is 12.1. The number of anilines is 1. The van der Waals surface area contributed by atoms with Gasteiger partial charge in [0.05, 0.1) is 10.6 Å². The quantitative estimate of drug-likeness (QED) is 0.330. The Kier molecular flexibility index (Phi) is 10.2. The lowest BCUT2D eigenvalue weighted by molar-refractivity contribution is -0.139. The molecule has 7 nitrogen and oxygen atoms in total. The van der Waals surface area contributed by atoms with Crippen LogP contribution in [0.15, 0.2) is 77.7 Å². The van der Waals surface area contributed by atoms with Crippen LogP contribution in [0.3, 0.4) is 0 Å². The number of rotatable bonds is 11. The van der Waals surface area contributed by atoms with Crippen molar-refractivity contribution in [3.8, 4) is 0 Å². The fourth-order valence-corrected chi connectivity index (χ4v) is 5.48. The molecule has 0 aromatic heterocycles. The second-order valence-corrected chi connectivity index (χ2v) is 11.7. The van der Waals surface area contributed by atoms with Crippen LogP contribution in [0.5, 0.6) is 0 Å². The smallest absolute Gasteiger partial charge is 0.264 e. The number of carbonyl (C=O) groups is 2. The normalized spacial score (nSPS) is 12.0. The van der Waals surface area contributed by atoms with Crippen molar-refractivity contribution in [3.63, 3.8) is 0 Å². The molecule has 0 fully saturated rings. The van der Waals surface area contributed by atoms with Crippen molar-refractivity contribution >= 4 is 50.7 Å². The molecule has 0 heterocycles. The van der Waals surface area contributed by atoms with E-state index in [9.17, 15) is 18.0 Å². The summed E-state index contributed by atoms with van der Waals surface area (Å²) < 4.78 is 28.5. The highest BCUT2D eigenvalue weighted by atomic mass is 35.5. The molecule has 202 valence electrons. The van der Waals surface area contributed by atoms with Crippen molar-refractivity contribution in [1.82, 2.24) is 10.2 Å². The van der Waals surface area contributed by atoms with E-state index in [1.54, 1.807) is 25.1 Å². The zero-order valence-electron chi connectivity index (χ0n) is 21.5. The van der Waals surface area contributed by atoms with Crippen LogP contribution in [0, 0.1) is 6.92 Å². The van der Waals surface area contributed by atoms with Crippen molar-refractivity contribution in [2.24, 2.45) is 0 Å². The van der Waals surface area contributed by atoms with Crippen LogP contribution in [-0.4, -0.2) is 44.3 Å². The maximum Gasteiger partial charge on any atom is 0.264 e. The summed E-state index contributed by atoms with van der Waals surface area (Å²) in [5.41, 5.74) is 2.09. The topological polar surface area (TPSA) is 86.8 Å². The van der Waals surface area contributed by atoms with Gasteiger partial charge in [-0.25, -0.2) is 8.42 Å². The minimum atomic E-state index is -4.19. The van der Waals surface area contributed by atoms with E-state index in [1.807, 2.05) is 38.1 Å². The number of amides is 2. The van der Waals surface area contributed by atoms with E-state index < -0.39 is 28.5 Å². The molecule has 0 aliphatic rings. The molecule has 3 rings (SSSR count). The summed E-state index contributed by atoms with van der Waals surface area (Å²) in [5, 5.41) is 3.52. The van der Waals surface area contributed by atoms with E-state index >= 15 is 0 Å². The summed E-state index contributed by atoms with van der Waals surface area (Å²) in [6.07, 6.45) is 0.742. The van der Waals surface area contributed by atoms with Crippen LogP contribution in [0.1, 0.15) is 31.4 Å². The zero-order chi connectivity index (χ0) is 27.9. The van der Waals surface area contributed by atoms with Gasteiger partial charge in [-0.3, -0.25) is 13.9 Å². The first kappa shape index (κ1) is 29.5. The van der Waals surface area contributed by atoms with Gasteiger partial charge in [0.2, 0.25) is 11.8 Å². The fourth-order valence-electron chi connectivity index (χ4n) is 3.76. The molecule has 10 heteroatoms. The minimum absolute atomic E-state index is 0.0338. The molecule has 3 aromatic carbocycles. The van der Waals surface area contributed by atoms with E-state index in [4.69, 9.17) is 23.2 Å². The fraction of sp³-hybridized carbons (Fsp3) is 0.286. The number of aryl methyl sites for hydroxylation is 1. The van der Waals surface area contributed by atoms with Gasteiger partial charge in [0.15, 0.2) is 0 Å². The molecule has 0 aliphatic carbocycles. The van der Waals surface area contributed by atoms with Gasteiger partial charge >= 0.3 is 0 Å². The largest absolute Gasteiger partial charge is 0.354 e. The van der Waals surface area contributed by atoms with E-state index in [2.05, 4.69) is 5.32 Å². The van der Waals surface area contributed by atoms with E-state index in [-0.39, 0.29) is 23.0 Å². The van der Waals surface area contributed by atoms with Gasteiger partial charge in [0, 0.05) is 23.1 Å². The summed E-state index contributed by atoms with van der Waals surface area (Å²) in [6.45, 7) is 5.58. The molecule has 0 saturated carbocycles. The molecule has 0 bridgehead atoms. The highest BCUT2D eigenvalue weighted by Crippen LogP contribution is 2.27. The number of hydrogen-bond donors (Lipinski definition) is 1. The Morgan fingerprint density at radius 1 is 0.947 bits per heavy atom. The second kappa shape index (κ2) is 13.1. The Balaban J connectivity index is 2.01. The second-order valence-electron chi connectivity index (χ2n) is 8.92. The lowest BCUT2D eigenvalue weighted by Crippen LogP contribution is -2.51. The monoisotopic (exact) mass is 575 g/mol. The summed E-state index contributed by atoms with van der Waals surface area (Å²) in [7, 11) is -4.19. The Hall–Kier alpha value is -3.07. The van der Waals surface area contributed by atoms with Crippen LogP contribution < -0.4 is 9.62 Å². The van der Waals surface area contributed by atoms with E-state index in [0.717, 1.165) is 21.9 Å². The van der Waals surface area contributed by atoms with Gasteiger partial charge in [-0.05, 0) is 68.3 Å². The molecular formula is C28H31Cl2N3O4S. The predicted octanol–water partition coefficient (Wildman–Crippen LogP) is 5.44.